The summed E-state index contributed by atoms with van der Waals surface area (Å²) in [5.74, 6) is 1.62. The average molecular weight is 294 g/mol. The average Bonchev–Trinajstić information content (AvgIpc) is 2.92. The summed E-state index contributed by atoms with van der Waals surface area (Å²) in [5.41, 5.74) is 0.906. The highest BCUT2D eigenvalue weighted by molar-refractivity contribution is 7.99. The molecule has 1 heterocycles. The summed E-state index contributed by atoms with van der Waals surface area (Å²) >= 11 is 1.57. The van der Waals surface area contributed by atoms with Crippen molar-refractivity contribution in [1.29, 1.82) is 0 Å². The van der Waals surface area contributed by atoms with Gasteiger partial charge >= 0.3 is 0 Å². The number of rotatable bonds is 7. The van der Waals surface area contributed by atoms with Crippen molar-refractivity contribution in [3.8, 4) is 11.4 Å². The van der Waals surface area contributed by atoms with Crippen molar-refractivity contribution in [1.82, 2.24) is 20.2 Å². The van der Waals surface area contributed by atoms with Gasteiger partial charge in [0.25, 0.3) is 0 Å². The van der Waals surface area contributed by atoms with Crippen LogP contribution in [-0.2, 0) is 4.74 Å². The molecule has 0 radical (unpaired) electrons. The van der Waals surface area contributed by atoms with Crippen molar-refractivity contribution < 1.29 is 9.47 Å². The molecule has 0 amide bonds. The molecule has 0 unspecified atom stereocenters. The smallest absolute Gasteiger partial charge is 0.214 e. The van der Waals surface area contributed by atoms with Gasteiger partial charge in [-0.2, -0.15) is 4.68 Å². The lowest BCUT2D eigenvalue weighted by Crippen LogP contribution is -2.06. The van der Waals surface area contributed by atoms with Crippen LogP contribution in [0.1, 0.15) is 13.8 Å². The Labute approximate surface area is 122 Å². The van der Waals surface area contributed by atoms with Gasteiger partial charge in [0.15, 0.2) is 0 Å². The summed E-state index contributed by atoms with van der Waals surface area (Å²) in [7, 11) is 1.64. The fourth-order valence-electron chi connectivity index (χ4n) is 1.57. The van der Waals surface area contributed by atoms with Gasteiger partial charge in [0.05, 0.1) is 25.5 Å². The van der Waals surface area contributed by atoms with Gasteiger partial charge in [-0.15, -0.1) is 5.10 Å². The zero-order valence-electron chi connectivity index (χ0n) is 11.8. The highest BCUT2D eigenvalue weighted by atomic mass is 32.2. The standard InChI is InChI=1S/C13H18N4O2S/c1-10(2)19-8-9-20-13-14-15-16-17(13)11-4-6-12(18-3)7-5-11/h4-7,10H,8-9H2,1-3H3. The fraction of sp³-hybridized carbons (Fsp3) is 0.462. The van der Waals surface area contributed by atoms with Crippen LogP contribution in [0, 0.1) is 0 Å². The highest BCUT2D eigenvalue weighted by Crippen LogP contribution is 2.20. The molecule has 2 aromatic rings. The van der Waals surface area contributed by atoms with E-state index in [0.29, 0.717) is 6.61 Å². The van der Waals surface area contributed by atoms with Crippen molar-refractivity contribution >= 4 is 11.8 Å². The van der Waals surface area contributed by atoms with Gasteiger partial charge in [0.1, 0.15) is 5.75 Å². The second-order valence-corrected chi connectivity index (χ2v) is 5.40. The second kappa shape index (κ2) is 7.25. The van der Waals surface area contributed by atoms with E-state index >= 15 is 0 Å². The number of tetrazole rings is 1. The largest absolute Gasteiger partial charge is 0.497 e. The predicted molar refractivity (Wildman–Crippen MR) is 77.5 cm³/mol. The summed E-state index contributed by atoms with van der Waals surface area (Å²) < 4.78 is 12.3. The zero-order valence-corrected chi connectivity index (χ0v) is 12.6. The molecule has 0 N–H and O–H groups in total. The van der Waals surface area contributed by atoms with Crippen LogP contribution < -0.4 is 4.74 Å². The van der Waals surface area contributed by atoms with E-state index in [1.807, 2.05) is 38.1 Å². The topological polar surface area (TPSA) is 62.1 Å². The lowest BCUT2D eigenvalue weighted by atomic mass is 10.3. The van der Waals surface area contributed by atoms with Crippen LogP contribution in [0.15, 0.2) is 29.4 Å². The van der Waals surface area contributed by atoms with E-state index in [0.717, 1.165) is 22.3 Å². The highest BCUT2D eigenvalue weighted by Gasteiger charge is 2.09. The van der Waals surface area contributed by atoms with Gasteiger partial charge < -0.3 is 9.47 Å². The summed E-state index contributed by atoms with van der Waals surface area (Å²) in [4.78, 5) is 0. The molecule has 7 heteroatoms. The molecule has 6 nitrogen and oxygen atoms in total. The SMILES string of the molecule is COc1ccc(-n2nnnc2SCCOC(C)C)cc1. The Balaban J connectivity index is 2.00. The van der Waals surface area contributed by atoms with E-state index < -0.39 is 0 Å². The van der Waals surface area contributed by atoms with Gasteiger partial charge in [0, 0.05) is 5.75 Å². The molecule has 0 saturated carbocycles. The van der Waals surface area contributed by atoms with Crippen LogP contribution in [0.5, 0.6) is 5.75 Å². The molecule has 2 rings (SSSR count). The predicted octanol–water partition coefficient (Wildman–Crippen LogP) is 2.19. The van der Waals surface area contributed by atoms with E-state index in [-0.39, 0.29) is 6.10 Å². The molecule has 1 aromatic carbocycles. The number of hydrogen-bond donors (Lipinski definition) is 0. The molecule has 0 aliphatic heterocycles. The van der Waals surface area contributed by atoms with Crippen molar-refractivity contribution in [2.45, 2.75) is 25.1 Å². The maximum atomic E-state index is 5.50. The van der Waals surface area contributed by atoms with Crippen LogP contribution in [-0.4, -0.2) is 45.8 Å². The van der Waals surface area contributed by atoms with E-state index in [9.17, 15) is 0 Å². The van der Waals surface area contributed by atoms with Crippen molar-refractivity contribution in [3.63, 3.8) is 0 Å². The van der Waals surface area contributed by atoms with Crippen LogP contribution in [0.3, 0.4) is 0 Å². The van der Waals surface area contributed by atoms with Crippen molar-refractivity contribution in [2.24, 2.45) is 0 Å². The summed E-state index contributed by atoms with van der Waals surface area (Å²) in [6, 6.07) is 7.61. The van der Waals surface area contributed by atoms with Crippen LogP contribution in [0.4, 0.5) is 0 Å². The molecule has 108 valence electrons. The number of hydrogen-bond acceptors (Lipinski definition) is 6. The third-order valence-electron chi connectivity index (χ3n) is 2.52. The van der Waals surface area contributed by atoms with Gasteiger partial charge in [0.2, 0.25) is 5.16 Å². The number of ether oxygens (including phenoxy) is 2. The van der Waals surface area contributed by atoms with E-state index in [1.165, 1.54) is 0 Å². The Kier molecular flexibility index (Phi) is 5.37. The van der Waals surface area contributed by atoms with Gasteiger partial charge in [-0.3, -0.25) is 0 Å². The van der Waals surface area contributed by atoms with E-state index in [4.69, 9.17) is 9.47 Å². The lowest BCUT2D eigenvalue weighted by molar-refractivity contribution is 0.0920. The molecule has 0 fully saturated rings. The van der Waals surface area contributed by atoms with Crippen molar-refractivity contribution in [2.75, 3.05) is 19.5 Å². The Morgan fingerprint density at radius 2 is 2.00 bits per heavy atom. The third kappa shape index (κ3) is 3.94. The first-order valence-electron chi connectivity index (χ1n) is 6.38. The molecule has 0 aliphatic carbocycles. The fourth-order valence-corrected chi connectivity index (χ4v) is 2.29. The number of benzene rings is 1. The monoisotopic (exact) mass is 294 g/mol. The molecule has 0 aliphatic rings. The molecule has 0 spiro atoms. The third-order valence-corrected chi connectivity index (χ3v) is 3.41. The first kappa shape index (κ1) is 14.8. The molecular formula is C13H18N4O2S. The molecular weight excluding hydrogens is 276 g/mol. The summed E-state index contributed by atoms with van der Waals surface area (Å²) in [6.45, 7) is 4.72. The Morgan fingerprint density at radius 1 is 1.25 bits per heavy atom. The first-order chi connectivity index (χ1) is 9.70. The molecule has 20 heavy (non-hydrogen) atoms. The minimum Gasteiger partial charge on any atom is -0.497 e. The van der Waals surface area contributed by atoms with E-state index in [2.05, 4.69) is 15.5 Å². The number of thioether (sulfide) groups is 1. The van der Waals surface area contributed by atoms with Crippen molar-refractivity contribution in [3.05, 3.63) is 24.3 Å². The lowest BCUT2D eigenvalue weighted by Gasteiger charge is -2.07. The second-order valence-electron chi connectivity index (χ2n) is 4.34. The number of nitrogens with zero attached hydrogens (tertiary/aromatic N) is 4. The quantitative estimate of drug-likeness (QED) is 0.576. The Bertz CT molecular complexity index is 527. The Morgan fingerprint density at radius 3 is 2.65 bits per heavy atom. The molecule has 1 aromatic heterocycles. The maximum Gasteiger partial charge on any atom is 0.214 e. The summed E-state index contributed by atoms with van der Waals surface area (Å²) in [5, 5.41) is 12.5. The summed E-state index contributed by atoms with van der Waals surface area (Å²) in [6.07, 6.45) is 0.244. The number of methoxy groups -OCH3 is 1. The normalized spacial score (nSPS) is 11.0. The van der Waals surface area contributed by atoms with Gasteiger partial charge in [-0.25, -0.2) is 0 Å². The molecule has 0 atom stereocenters. The minimum absolute atomic E-state index is 0.244. The maximum absolute atomic E-state index is 5.50. The van der Waals surface area contributed by atoms with Crippen LogP contribution in [0.2, 0.25) is 0 Å². The van der Waals surface area contributed by atoms with Gasteiger partial charge in [-0.1, -0.05) is 11.8 Å². The molecule has 0 saturated heterocycles. The minimum atomic E-state index is 0.244. The Hall–Kier alpha value is -1.60. The van der Waals surface area contributed by atoms with Crippen LogP contribution in [0.25, 0.3) is 5.69 Å². The van der Waals surface area contributed by atoms with Crippen LogP contribution >= 0.6 is 11.8 Å². The molecule has 0 bridgehead atoms. The van der Waals surface area contributed by atoms with Gasteiger partial charge in [-0.05, 0) is 48.5 Å². The first-order valence-corrected chi connectivity index (χ1v) is 7.36. The zero-order chi connectivity index (χ0) is 14.4. The van der Waals surface area contributed by atoms with E-state index in [1.54, 1.807) is 23.6 Å². The number of aromatic nitrogens is 4.